The van der Waals surface area contributed by atoms with E-state index < -0.39 is 0 Å². The Balaban J connectivity index is 2.66. The summed E-state index contributed by atoms with van der Waals surface area (Å²) in [4.78, 5) is 0. The van der Waals surface area contributed by atoms with Gasteiger partial charge in [0.25, 0.3) is 0 Å². The third kappa shape index (κ3) is 3.73. The van der Waals surface area contributed by atoms with Crippen molar-refractivity contribution in [1.29, 1.82) is 5.26 Å². The van der Waals surface area contributed by atoms with Crippen LogP contribution in [-0.4, -0.2) is 0 Å². The fourth-order valence-electron chi connectivity index (χ4n) is 0.845. The normalized spacial score (nSPS) is 11.5. The maximum absolute atomic E-state index is 8.43. The molecule has 0 spiro atoms. The van der Waals surface area contributed by atoms with Gasteiger partial charge in [-0.15, -0.1) is 0 Å². The van der Waals surface area contributed by atoms with Crippen molar-refractivity contribution in [3.05, 3.63) is 52.5 Å². The zero-order valence-corrected chi connectivity index (χ0v) is 8.53. The van der Waals surface area contributed by atoms with E-state index in [9.17, 15) is 0 Å². The molecule has 1 aromatic carbocycles. The van der Waals surface area contributed by atoms with Crippen molar-refractivity contribution < 1.29 is 0 Å². The molecule has 13 heavy (non-hydrogen) atoms. The van der Waals surface area contributed by atoms with E-state index in [2.05, 4.69) is 15.9 Å². The zero-order valence-electron chi connectivity index (χ0n) is 6.94. The molecule has 0 aliphatic heterocycles. The van der Waals surface area contributed by atoms with Gasteiger partial charge >= 0.3 is 0 Å². The van der Waals surface area contributed by atoms with E-state index in [-0.39, 0.29) is 0 Å². The molecule has 0 radical (unpaired) electrons. The number of hydrogen-bond acceptors (Lipinski definition) is 1. The highest BCUT2D eigenvalue weighted by Crippen LogP contribution is 2.05. The van der Waals surface area contributed by atoms with Crippen LogP contribution in [0.5, 0.6) is 0 Å². The molecule has 0 bridgehead atoms. The van der Waals surface area contributed by atoms with E-state index in [1.807, 2.05) is 48.6 Å². The first kappa shape index (κ1) is 9.76. The summed E-state index contributed by atoms with van der Waals surface area (Å²) in [6.45, 7) is 0. The second-order valence-corrected chi connectivity index (χ2v) is 3.25. The summed E-state index contributed by atoms with van der Waals surface area (Å²) < 4.78 is 0.527. The fraction of sp³-hybridized carbons (Fsp3) is 0. The number of halogens is 1. The van der Waals surface area contributed by atoms with Crippen LogP contribution in [0.25, 0.3) is 6.08 Å². The van der Waals surface area contributed by atoms with E-state index in [1.165, 1.54) is 0 Å². The van der Waals surface area contributed by atoms with Crippen LogP contribution in [0, 0.1) is 11.3 Å². The van der Waals surface area contributed by atoms with Crippen LogP contribution in [0.2, 0.25) is 0 Å². The minimum Gasteiger partial charge on any atom is -0.192 e. The molecule has 0 heterocycles. The molecule has 2 heteroatoms. The minimum absolute atomic E-state index is 0.527. The van der Waals surface area contributed by atoms with Crippen LogP contribution < -0.4 is 0 Å². The maximum atomic E-state index is 8.43. The Morgan fingerprint density at radius 2 is 2.00 bits per heavy atom. The average molecular weight is 234 g/mol. The Morgan fingerprint density at radius 1 is 1.31 bits per heavy atom. The first-order valence-electron chi connectivity index (χ1n) is 3.82. The van der Waals surface area contributed by atoms with Crippen LogP contribution in [-0.2, 0) is 0 Å². The monoisotopic (exact) mass is 233 g/mol. The maximum Gasteiger partial charge on any atom is 0.107 e. The van der Waals surface area contributed by atoms with Crippen LogP contribution >= 0.6 is 15.9 Å². The topological polar surface area (TPSA) is 23.8 Å². The molecule has 1 aromatic rings. The molecule has 0 aromatic heterocycles. The lowest BCUT2D eigenvalue weighted by molar-refractivity contribution is 1.53. The molecule has 0 saturated heterocycles. The minimum atomic E-state index is 0.527. The molecule has 0 N–H and O–H groups in total. The Kier molecular flexibility index (Phi) is 4.01. The number of allylic oxidation sites excluding steroid dienone is 3. The van der Waals surface area contributed by atoms with E-state index in [0.717, 1.165) is 5.56 Å². The first-order valence-corrected chi connectivity index (χ1v) is 4.61. The first-order chi connectivity index (χ1) is 6.33. The molecule has 64 valence electrons. The van der Waals surface area contributed by atoms with Crippen molar-refractivity contribution in [1.82, 2.24) is 0 Å². The molecule has 1 rings (SSSR count). The Bertz CT molecular complexity index is 357. The van der Waals surface area contributed by atoms with E-state index in [1.54, 1.807) is 6.08 Å². The van der Waals surface area contributed by atoms with Crippen molar-refractivity contribution in [3.63, 3.8) is 0 Å². The number of benzene rings is 1. The van der Waals surface area contributed by atoms with Crippen LogP contribution in [0.3, 0.4) is 0 Å². The van der Waals surface area contributed by atoms with Crippen molar-refractivity contribution in [3.8, 4) is 6.07 Å². The predicted octanol–water partition coefficient (Wildman–Crippen LogP) is 3.50. The van der Waals surface area contributed by atoms with Gasteiger partial charge in [0, 0.05) is 0 Å². The number of hydrogen-bond donors (Lipinski definition) is 0. The summed E-state index contributed by atoms with van der Waals surface area (Å²) in [6, 6.07) is 11.9. The Labute approximate surface area is 86.1 Å². The predicted molar refractivity (Wildman–Crippen MR) is 58.1 cm³/mol. The van der Waals surface area contributed by atoms with Gasteiger partial charge < -0.3 is 0 Å². The molecule has 1 nitrogen and oxygen atoms in total. The van der Waals surface area contributed by atoms with Crippen LogP contribution in [0.1, 0.15) is 5.56 Å². The van der Waals surface area contributed by atoms with Crippen LogP contribution in [0.15, 0.2) is 47.0 Å². The standard InChI is InChI=1S/C11H8BrN/c12-11(9-13)8-4-7-10-5-2-1-3-6-10/h1-8H/b7-4+,11-8+. The summed E-state index contributed by atoms with van der Waals surface area (Å²) >= 11 is 3.10. The number of nitrogens with zero attached hydrogens (tertiary/aromatic N) is 1. The summed E-state index contributed by atoms with van der Waals surface area (Å²) in [7, 11) is 0. The van der Waals surface area contributed by atoms with E-state index in [4.69, 9.17) is 5.26 Å². The van der Waals surface area contributed by atoms with Gasteiger partial charge in [-0.05, 0) is 27.6 Å². The Hall–Kier alpha value is -1.33. The third-order valence-electron chi connectivity index (χ3n) is 1.44. The lowest BCUT2D eigenvalue weighted by Crippen LogP contribution is -1.67. The van der Waals surface area contributed by atoms with Gasteiger partial charge in [-0.3, -0.25) is 0 Å². The second kappa shape index (κ2) is 5.34. The largest absolute Gasteiger partial charge is 0.192 e. The highest BCUT2D eigenvalue weighted by molar-refractivity contribution is 9.12. The quantitative estimate of drug-likeness (QED) is 0.567. The molecule has 0 saturated carbocycles. The van der Waals surface area contributed by atoms with Crippen molar-refractivity contribution in [2.75, 3.05) is 0 Å². The second-order valence-electron chi connectivity index (χ2n) is 2.40. The van der Waals surface area contributed by atoms with Crippen LogP contribution in [0.4, 0.5) is 0 Å². The summed E-state index contributed by atoms with van der Waals surface area (Å²) in [5, 5.41) is 8.43. The Morgan fingerprint density at radius 3 is 2.62 bits per heavy atom. The summed E-state index contributed by atoms with van der Waals surface area (Å²) in [5.41, 5.74) is 1.12. The lowest BCUT2D eigenvalue weighted by Gasteiger charge is -1.88. The van der Waals surface area contributed by atoms with Gasteiger partial charge in [0.15, 0.2) is 0 Å². The summed E-state index contributed by atoms with van der Waals surface area (Å²) in [5.74, 6) is 0. The SMILES string of the molecule is N#C/C(Br)=C\C=C\c1ccccc1. The van der Waals surface area contributed by atoms with Gasteiger partial charge in [0.05, 0.1) is 4.48 Å². The highest BCUT2D eigenvalue weighted by atomic mass is 79.9. The van der Waals surface area contributed by atoms with Gasteiger partial charge in [0.2, 0.25) is 0 Å². The average Bonchev–Trinajstić information content (AvgIpc) is 2.19. The van der Waals surface area contributed by atoms with E-state index >= 15 is 0 Å². The van der Waals surface area contributed by atoms with Crippen molar-refractivity contribution >= 4 is 22.0 Å². The van der Waals surface area contributed by atoms with Crippen molar-refractivity contribution in [2.24, 2.45) is 0 Å². The molecule has 0 unspecified atom stereocenters. The zero-order chi connectivity index (χ0) is 9.52. The van der Waals surface area contributed by atoms with Gasteiger partial charge in [-0.1, -0.05) is 42.5 Å². The highest BCUT2D eigenvalue weighted by Gasteiger charge is 1.82. The summed E-state index contributed by atoms with van der Waals surface area (Å²) in [6.07, 6.45) is 5.49. The fourth-order valence-corrected chi connectivity index (χ4v) is 0.998. The number of nitriles is 1. The lowest BCUT2D eigenvalue weighted by atomic mass is 10.2. The smallest absolute Gasteiger partial charge is 0.107 e. The molecular formula is C11H8BrN. The van der Waals surface area contributed by atoms with E-state index in [0.29, 0.717) is 4.48 Å². The third-order valence-corrected chi connectivity index (χ3v) is 1.88. The molecular weight excluding hydrogens is 226 g/mol. The molecule has 0 amide bonds. The number of rotatable bonds is 2. The van der Waals surface area contributed by atoms with Gasteiger partial charge in [0.1, 0.15) is 6.07 Å². The van der Waals surface area contributed by atoms with Crippen molar-refractivity contribution in [2.45, 2.75) is 0 Å². The molecule has 0 atom stereocenters. The molecule has 0 fully saturated rings. The molecule has 0 aliphatic rings. The molecule has 0 aliphatic carbocycles. The van der Waals surface area contributed by atoms with Gasteiger partial charge in [-0.25, -0.2) is 0 Å². The van der Waals surface area contributed by atoms with Gasteiger partial charge in [-0.2, -0.15) is 5.26 Å².